The van der Waals surface area contributed by atoms with Crippen LogP contribution >= 0.6 is 0 Å². The number of hydrogen-bond donors (Lipinski definition) is 1. The maximum absolute atomic E-state index is 12.6. The average molecular weight is 437 g/mol. The quantitative estimate of drug-likeness (QED) is 0.566. The van der Waals surface area contributed by atoms with E-state index in [1.165, 1.54) is 18.4 Å². The zero-order chi connectivity index (χ0) is 23.1. The van der Waals surface area contributed by atoms with Gasteiger partial charge in [0.25, 0.3) is 5.91 Å². The molecule has 5 heteroatoms. The smallest absolute Gasteiger partial charge is 0.251 e. The van der Waals surface area contributed by atoms with Crippen molar-refractivity contribution >= 4 is 17.5 Å². The van der Waals surface area contributed by atoms with Crippen molar-refractivity contribution in [3.05, 3.63) is 64.2 Å². The fourth-order valence-corrected chi connectivity index (χ4v) is 4.60. The van der Waals surface area contributed by atoms with Gasteiger partial charge in [-0.2, -0.15) is 0 Å². The molecule has 0 saturated heterocycles. The largest absolute Gasteiger partial charge is 0.385 e. The van der Waals surface area contributed by atoms with Gasteiger partial charge in [0.05, 0.1) is 0 Å². The summed E-state index contributed by atoms with van der Waals surface area (Å²) < 4.78 is 5.04. The van der Waals surface area contributed by atoms with E-state index in [9.17, 15) is 9.59 Å². The number of nitrogens with zero attached hydrogens (tertiary/aromatic N) is 1. The molecule has 1 fully saturated rings. The number of benzene rings is 2. The van der Waals surface area contributed by atoms with Gasteiger partial charge in [0.1, 0.15) is 0 Å². The van der Waals surface area contributed by atoms with Crippen LogP contribution in [0.1, 0.15) is 71.6 Å². The van der Waals surface area contributed by atoms with Crippen molar-refractivity contribution < 1.29 is 14.3 Å². The van der Waals surface area contributed by atoms with Crippen molar-refractivity contribution in [1.82, 2.24) is 5.32 Å². The van der Waals surface area contributed by atoms with Crippen molar-refractivity contribution in [2.75, 3.05) is 25.2 Å². The molecule has 0 radical (unpaired) electrons. The zero-order valence-corrected chi connectivity index (χ0v) is 19.9. The van der Waals surface area contributed by atoms with Gasteiger partial charge >= 0.3 is 0 Å². The van der Waals surface area contributed by atoms with Crippen molar-refractivity contribution in [3.63, 3.8) is 0 Å². The zero-order valence-electron chi connectivity index (χ0n) is 19.9. The molecule has 1 saturated carbocycles. The third-order valence-corrected chi connectivity index (χ3v) is 6.39. The molecular weight excluding hydrogens is 400 g/mol. The molecule has 0 atom stereocenters. The Morgan fingerprint density at radius 2 is 1.81 bits per heavy atom. The van der Waals surface area contributed by atoms with Crippen LogP contribution in [0.4, 0.5) is 5.69 Å². The molecule has 2 amide bonds. The van der Waals surface area contributed by atoms with E-state index in [1.807, 2.05) is 24.0 Å². The molecule has 0 heterocycles. The summed E-state index contributed by atoms with van der Waals surface area (Å²) in [4.78, 5) is 26.9. The van der Waals surface area contributed by atoms with E-state index in [1.54, 1.807) is 14.0 Å². The maximum atomic E-state index is 12.6. The minimum atomic E-state index is -0.0406. The van der Waals surface area contributed by atoms with Crippen LogP contribution in [-0.4, -0.2) is 38.1 Å². The molecule has 32 heavy (non-hydrogen) atoms. The summed E-state index contributed by atoms with van der Waals surface area (Å²) in [7, 11) is 1.66. The number of anilines is 1. The minimum Gasteiger partial charge on any atom is -0.385 e. The van der Waals surface area contributed by atoms with Crippen LogP contribution in [0.15, 0.2) is 36.4 Å². The number of amides is 2. The van der Waals surface area contributed by atoms with Crippen molar-refractivity contribution in [2.24, 2.45) is 0 Å². The monoisotopic (exact) mass is 436 g/mol. The summed E-state index contributed by atoms with van der Waals surface area (Å²) in [5, 5.41) is 2.98. The molecule has 2 aromatic carbocycles. The van der Waals surface area contributed by atoms with E-state index in [2.05, 4.69) is 36.5 Å². The first kappa shape index (κ1) is 24.0. The van der Waals surface area contributed by atoms with Gasteiger partial charge in [0.2, 0.25) is 5.91 Å². The average Bonchev–Trinajstić information content (AvgIpc) is 3.28. The highest BCUT2D eigenvalue weighted by Crippen LogP contribution is 2.30. The summed E-state index contributed by atoms with van der Waals surface area (Å²) in [6.07, 6.45) is 6.10. The van der Waals surface area contributed by atoms with Gasteiger partial charge in [-0.3, -0.25) is 9.59 Å². The van der Waals surface area contributed by atoms with Crippen LogP contribution in [0.25, 0.3) is 0 Å². The highest BCUT2D eigenvalue weighted by atomic mass is 16.5. The summed E-state index contributed by atoms with van der Waals surface area (Å²) in [5.74, 6) is 0.0740. The van der Waals surface area contributed by atoms with Crippen LogP contribution in [0.5, 0.6) is 0 Å². The third kappa shape index (κ3) is 5.98. The molecule has 0 unspecified atom stereocenters. The van der Waals surface area contributed by atoms with Crippen LogP contribution < -0.4 is 10.2 Å². The molecule has 5 nitrogen and oxygen atoms in total. The van der Waals surface area contributed by atoms with Gasteiger partial charge in [0, 0.05) is 44.5 Å². The Balaban J connectivity index is 1.74. The first-order valence-corrected chi connectivity index (χ1v) is 11.7. The SMILES string of the molecule is COCCCNC(=O)c1cc(Cc2ccc(N(C(C)=O)C3CCCC3)cc2C)ccc1C. The number of hydrogen-bond acceptors (Lipinski definition) is 3. The molecule has 2 aromatic rings. The summed E-state index contributed by atoms with van der Waals surface area (Å²) >= 11 is 0. The highest BCUT2D eigenvalue weighted by Gasteiger charge is 2.26. The Hall–Kier alpha value is -2.66. The fraction of sp³-hybridized carbons (Fsp3) is 0.481. The van der Waals surface area contributed by atoms with E-state index in [-0.39, 0.29) is 11.8 Å². The second kappa shape index (κ2) is 11.3. The van der Waals surface area contributed by atoms with Gasteiger partial charge in [-0.1, -0.05) is 31.0 Å². The van der Waals surface area contributed by atoms with Crippen LogP contribution in [0.2, 0.25) is 0 Å². The molecule has 1 N–H and O–H groups in total. The summed E-state index contributed by atoms with van der Waals surface area (Å²) in [5.41, 5.74) is 6.16. The standard InChI is InChI=1S/C27H36N2O3/c1-19-10-11-22(18-26(19)27(31)28-14-7-15-32-4)17-23-12-13-25(16-20(23)2)29(21(3)30)24-8-5-6-9-24/h10-13,16,18,24H,5-9,14-15,17H2,1-4H3,(H,28,31). The van der Waals surface area contributed by atoms with E-state index in [4.69, 9.17) is 4.74 Å². The van der Waals surface area contributed by atoms with E-state index >= 15 is 0 Å². The number of ether oxygens (including phenoxy) is 1. The van der Waals surface area contributed by atoms with E-state index < -0.39 is 0 Å². The molecule has 0 spiro atoms. The number of carbonyl (C=O) groups excluding carboxylic acids is 2. The van der Waals surface area contributed by atoms with Crippen LogP contribution in [0.3, 0.4) is 0 Å². The van der Waals surface area contributed by atoms with Crippen LogP contribution in [-0.2, 0) is 16.0 Å². The number of carbonyl (C=O) groups is 2. The predicted molar refractivity (Wildman–Crippen MR) is 129 cm³/mol. The first-order chi connectivity index (χ1) is 15.4. The Kier molecular flexibility index (Phi) is 8.46. The Morgan fingerprint density at radius 1 is 1.06 bits per heavy atom. The molecule has 0 aromatic heterocycles. The molecule has 0 bridgehead atoms. The van der Waals surface area contributed by atoms with E-state index in [0.717, 1.165) is 53.6 Å². The van der Waals surface area contributed by atoms with Crippen molar-refractivity contribution in [3.8, 4) is 0 Å². The lowest BCUT2D eigenvalue weighted by Crippen LogP contribution is -2.37. The number of nitrogens with one attached hydrogen (secondary N) is 1. The molecule has 0 aliphatic heterocycles. The molecule has 1 aliphatic carbocycles. The van der Waals surface area contributed by atoms with Gasteiger partial charge in [-0.25, -0.2) is 0 Å². The molecule has 3 rings (SSSR count). The van der Waals surface area contributed by atoms with Gasteiger partial charge in [-0.15, -0.1) is 0 Å². The Morgan fingerprint density at radius 3 is 2.47 bits per heavy atom. The summed E-state index contributed by atoms with van der Waals surface area (Å²) in [6, 6.07) is 12.7. The number of aryl methyl sites for hydroxylation is 2. The topological polar surface area (TPSA) is 58.6 Å². The van der Waals surface area contributed by atoms with Gasteiger partial charge in [-0.05, 0) is 80.0 Å². The van der Waals surface area contributed by atoms with Crippen molar-refractivity contribution in [1.29, 1.82) is 0 Å². The van der Waals surface area contributed by atoms with Gasteiger partial charge in [0.15, 0.2) is 0 Å². The Labute approximate surface area is 192 Å². The van der Waals surface area contributed by atoms with E-state index in [0.29, 0.717) is 19.2 Å². The summed E-state index contributed by atoms with van der Waals surface area (Å²) in [6.45, 7) is 6.97. The predicted octanol–water partition coefficient (Wildman–Crippen LogP) is 4.96. The molecule has 172 valence electrons. The Bertz CT molecular complexity index is 948. The normalized spacial score (nSPS) is 13.9. The minimum absolute atomic E-state index is 0.0406. The molecule has 1 aliphatic rings. The first-order valence-electron chi connectivity index (χ1n) is 11.7. The number of methoxy groups -OCH3 is 1. The van der Waals surface area contributed by atoms with Crippen LogP contribution in [0, 0.1) is 13.8 Å². The highest BCUT2D eigenvalue weighted by molar-refractivity contribution is 5.95. The van der Waals surface area contributed by atoms with Crippen molar-refractivity contribution in [2.45, 2.75) is 65.3 Å². The lowest BCUT2D eigenvalue weighted by Gasteiger charge is -2.28. The lowest BCUT2D eigenvalue weighted by molar-refractivity contribution is -0.117. The lowest BCUT2D eigenvalue weighted by atomic mass is 9.96. The number of rotatable bonds is 9. The third-order valence-electron chi connectivity index (χ3n) is 6.39. The second-order valence-corrected chi connectivity index (χ2v) is 8.87. The molecular formula is C27H36N2O3. The fourth-order valence-electron chi connectivity index (χ4n) is 4.60. The maximum Gasteiger partial charge on any atom is 0.251 e. The van der Waals surface area contributed by atoms with Gasteiger partial charge < -0.3 is 15.0 Å². The second-order valence-electron chi connectivity index (χ2n) is 8.87.